The van der Waals surface area contributed by atoms with Crippen LogP contribution < -0.4 is 5.32 Å². The van der Waals surface area contributed by atoms with Crippen molar-refractivity contribution in [1.82, 2.24) is 15.1 Å². The molecule has 0 amide bonds. The van der Waals surface area contributed by atoms with E-state index in [1.54, 1.807) is 0 Å². The van der Waals surface area contributed by atoms with E-state index in [0.29, 0.717) is 6.04 Å². The molecule has 0 saturated carbocycles. The summed E-state index contributed by atoms with van der Waals surface area (Å²) in [6.07, 6.45) is 3.13. The zero-order valence-corrected chi connectivity index (χ0v) is 11.4. The second-order valence-electron chi connectivity index (χ2n) is 4.67. The summed E-state index contributed by atoms with van der Waals surface area (Å²) in [6.45, 7) is 5.44. The monoisotopic (exact) mass is 243 g/mol. The van der Waals surface area contributed by atoms with Crippen LogP contribution in [0.3, 0.4) is 0 Å². The molecule has 0 saturated heterocycles. The maximum absolute atomic E-state index is 4.41. The summed E-state index contributed by atoms with van der Waals surface area (Å²) in [7, 11) is 1.94. The summed E-state index contributed by atoms with van der Waals surface area (Å²) in [4.78, 5) is 0. The molecule has 1 atom stereocenters. The molecule has 1 unspecified atom stereocenters. The van der Waals surface area contributed by atoms with Crippen LogP contribution in [0.2, 0.25) is 0 Å². The minimum atomic E-state index is 0.405. The van der Waals surface area contributed by atoms with Gasteiger partial charge in [-0.2, -0.15) is 5.10 Å². The Hall–Kier alpha value is -1.61. The van der Waals surface area contributed by atoms with Gasteiger partial charge < -0.3 is 5.32 Å². The van der Waals surface area contributed by atoms with Gasteiger partial charge in [0.15, 0.2) is 0 Å². The van der Waals surface area contributed by atoms with Gasteiger partial charge in [0, 0.05) is 24.8 Å². The van der Waals surface area contributed by atoms with Crippen LogP contribution in [0.4, 0.5) is 0 Å². The maximum Gasteiger partial charge on any atom is 0.0923 e. The quantitative estimate of drug-likeness (QED) is 0.874. The topological polar surface area (TPSA) is 29.9 Å². The van der Waals surface area contributed by atoms with Gasteiger partial charge in [-0.25, -0.2) is 0 Å². The van der Waals surface area contributed by atoms with Crippen LogP contribution in [0.25, 0.3) is 11.3 Å². The standard InChI is InChI=1S/C15H21N3/c1-4-10-16-12(2)13-5-7-14(8-6-13)15-9-11-18(3)17-15/h5-9,11-12,16H,4,10H2,1-3H3. The predicted octanol–water partition coefficient (Wildman–Crippen LogP) is 3.15. The lowest BCUT2D eigenvalue weighted by Crippen LogP contribution is -2.19. The highest BCUT2D eigenvalue weighted by atomic mass is 15.2. The normalized spacial score (nSPS) is 12.6. The Labute approximate surface area is 109 Å². The Morgan fingerprint density at radius 1 is 1.22 bits per heavy atom. The number of nitrogens with zero attached hydrogens (tertiary/aromatic N) is 2. The van der Waals surface area contributed by atoms with Gasteiger partial charge in [0.2, 0.25) is 0 Å². The Bertz CT molecular complexity index is 485. The molecule has 0 bridgehead atoms. The molecule has 1 heterocycles. The molecular weight excluding hydrogens is 222 g/mol. The van der Waals surface area contributed by atoms with E-state index in [4.69, 9.17) is 0 Å². The number of hydrogen-bond donors (Lipinski definition) is 1. The van der Waals surface area contributed by atoms with Crippen LogP contribution in [0.15, 0.2) is 36.5 Å². The van der Waals surface area contributed by atoms with Crippen molar-refractivity contribution in [1.29, 1.82) is 0 Å². The van der Waals surface area contributed by atoms with E-state index in [1.165, 1.54) is 11.1 Å². The molecule has 3 nitrogen and oxygen atoms in total. The molecule has 1 aromatic heterocycles. The smallest absolute Gasteiger partial charge is 0.0923 e. The molecule has 3 heteroatoms. The van der Waals surface area contributed by atoms with Gasteiger partial charge in [0.05, 0.1) is 5.69 Å². The molecule has 1 N–H and O–H groups in total. The van der Waals surface area contributed by atoms with E-state index < -0.39 is 0 Å². The highest BCUT2D eigenvalue weighted by molar-refractivity contribution is 5.58. The predicted molar refractivity (Wildman–Crippen MR) is 75.4 cm³/mol. The first-order valence-corrected chi connectivity index (χ1v) is 6.54. The van der Waals surface area contributed by atoms with Gasteiger partial charge in [-0.1, -0.05) is 31.2 Å². The van der Waals surface area contributed by atoms with E-state index in [-0.39, 0.29) is 0 Å². The number of aryl methyl sites for hydroxylation is 1. The SMILES string of the molecule is CCCNC(C)c1ccc(-c2ccn(C)n2)cc1. The van der Waals surface area contributed by atoms with Gasteiger partial charge in [0.1, 0.15) is 0 Å². The summed E-state index contributed by atoms with van der Waals surface area (Å²) < 4.78 is 1.83. The number of nitrogens with one attached hydrogen (secondary N) is 1. The van der Waals surface area contributed by atoms with E-state index in [2.05, 4.69) is 48.5 Å². The second kappa shape index (κ2) is 5.83. The minimum Gasteiger partial charge on any atom is -0.310 e. The van der Waals surface area contributed by atoms with Crippen LogP contribution in [0.1, 0.15) is 31.9 Å². The van der Waals surface area contributed by atoms with Gasteiger partial charge in [-0.05, 0) is 31.5 Å². The van der Waals surface area contributed by atoms with Crippen LogP contribution in [-0.4, -0.2) is 16.3 Å². The fraction of sp³-hybridized carbons (Fsp3) is 0.400. The number of aromatic nitrogens is 2. The van der Waals surface area contributed by atoms with Crippen LogP contribution in [-0.2, 0) is 7.05 Å². The summed E-state index contributed by atoms with van der Waals surface area (Å²) in [5.41, 5.74) is 3.52. The van der Waals surface area contributed by atoms with Crippen LogP contribution in [0.5, 0.6) is 0 Å². The lowest BCUT2D eigenvalue weighted by molar-refractivity contribution is 0.571. The first kappa shape index (κ1) is 12.8. The summed E-state index contributed by atoms with van der Waals surface area (Å²) in [6, 6.07) is 11.1. The summed E-state index contributed by atoms with van der Waals surface area (Å²) in [5, 5.41) is 7.90. The first-order valence-electron chi connectivity index (χ1n) is 6.54. The van der Waals surface area contributed by atoms with Crippen molar-refractivity contribution in [3.8, 4) is 11.3 Å². The molecule has 96 valence electrons. The summed E-state index contributed by atoms with van der Waals surface area (Å²) in [5.74, 6) is 0. The highest BCUT2D eigenvalue weighted by Crippen LogP contribution is 2.20. The van der Waals surface area contributed by atoms with Crippen LogP contribution >= 0.6 is 0 Å². The fourth-order valence-electron chi connectivity index (χ4n) is 1.99. The van der Waals surface area contributed by atoms with E-state index >= 15 is 0 Å². The lowest BCUT2D eigenvalue weighted by atomic mass is 10.0. The fourth-order valence-corrected chi connectivity index (χ4v) is 1.99. The molecule has 0 aliphatic rings. The van der Waals surface area contributed by atoms with Crippen molar-refractivity contribution in [2.75, 3.05) is 6.54 Å². The third kappa shape index (κ3) is 2.99. The molecule has 0 spiro atoms. The van der Waals surface area contributed by atoms with Gasteiger partial charge in [0.25, 0.3) is 0 Å². The van der Waals surface area contributed by atoms with Crippen molar-refractivity contribution >= 4 is 0 Å². The average molecular weight is 243 g/mol. The highest BCUT2D eigenvalue weighted by Gasteiger charge is 2.05. The Balaban J connectivity index is 2.10. The Morgan fingerprint density at radius 2 is 1.94 bits per heavy atom. The molecule has 1 aromatic carbocycles. The number of benzene rings is 1. The molecule has 0 fully saturated rings. The zero-order valence-electron chi connectivity index (χ0n) is 11.4. The second-order valence-corrected chi connectivity index (χ2v) is 4.67. The molecule has 0 aliphatic carbocycles. The van der Waals surface area contributed by atoms with Crippen molar-refractivity contribution in [2.45, 2.75) is 26.3 Å². The summed E-state index contributed by atoms with van der Waals surface area (Å²) >= 11 is 0. The lowest BCUT2D eigenvalue weighted by Gasteiger charge is -2.13. The maximum atomic E-state index is 4.41. The molecule has 0 aliphatic heterocycles. The first-order chi connectivity index (χ1) is 8.70. The number of hydrogen-bond acceptors (Lipinski definition) is 2. The third-order valence-corrected chi connectivity index (χ3v) is 3.12. The average Bonchev–Trinajstić information content (AvgIpc) is 2.83. The Morgan fingerprint density at radius 3 is 2.50 bits per heavy atom. The van der Waals surface area contributed by atoms with Crippen molar-refractivity contribution in [3.63, 3.8) is 0 Å². The molecular formula is C15H21N3. The molecule has 18 heavy (non-hydrogen) atoms. The van der Waals surface area contributed by atoms with Gasteiger partial charge in [-0.15, -0.1) is 0 Å². The largest absolute Gasteiger partial charge is 0.310 e. The van der Waals surface area contributed by atoms with Gasteiger partial charge >= 0.3 is 0 Å². The van der Waals surface area contributed by atoms with Crippen molar-refractivity contribution in [2.24, 2.45) is 7.05 Å². The van der Waals surface area contributed by atoms with Gasteiger partial charge in [-0.3, -0.25) is 4.68 Å². The van der Waals surface area contributed by atoms with Crippen molar-refractivity contribution in [3.05, 3.63) is 42.1 Å². The Kier molecular flexibility index (Phi) is 4.15. The molecule has 0 radical (unpaired) electrons. The van der Waals surface area contributed by atoms with E-state index in [9.17, 15) is 0 Å². The van der Waals surface area contributed by atoms with Crippen molar-refractivity contribution < 1.29 is 0 Å². The third-order valence-electron chi connectivity index (χ3n) is 3.12. The van der Waals surface area contributed by atoms with Crippen LogP contribution in [0, 0.1) is 0 Å². The number of rotatable bonds is 5. The zero-order chi connectivity index (χ0) is 13.0. The van der Waals surface area contributed by atoms with E-state index in [0.717, 1.165) is 18.7 Å². The molecule has 2 rings (SSSR count). The minimum absolute atomic E-state index is 0.405. The molecule has 2 aromatic rings. The van der Waals surface area contributed by atoms with E-state index in [1.807, 2.05) is 24.0 Å².